The van der Waals surface area contributed by atoms with Gasteiger partial charge < -0.3 is 9.64 Å². The van der Waals surface area contributed by atoms with Crippen molar-refractivity contribution in [3.05, 3.63) is 45.3 Å². The van der Waals surface area contributed by atoms with Crippen molar-refractivity contribution >= 4 is 43.2 Å². The Labute approximate surface area is 123 Å². The zero-order valence-electron chi connectivity index (χ0n) is 9.78. The third-order valence-electron chi connectivity index (χ3n) is 2.96. The van der Waals surface area contributed by atoms with Crippen molar-refractivity contribution in [2.24, 2.45) is 0 Å². The lowest BCUT2D eigenvalue weighted by atomic mass is 10.1. The van der Waals surface area contributed by atoms with Gasteiger partial charge in [-0.25, -0.2) is 0 Å². The van der Waals surface area contributed by atoms with Gasteiger partial charge in [-0.1, -0.05) is 31.9 Å². The second-order valence-corrected chi connectivity index (χ2v) is 5.90. The Morgan fingerprint density at radius 3 is 1.89 bits per heavy atom. The molecule has 18 heavy (non-hydrogen) atoms. The van der Waals surface area contributed by atoms with Crippen LogP contribution in [0.3, 0.4) is 0 Å². The molecule has 0 bridgehead atoms. The van der Waals surface area contributed by atoms with E-state index < -0.39 is 0 Å². The van der Waals surface area contributed by atoms with Crippen molar-refractivity contribution in [1.82, 2.24) is 0 Å². The fourth-order valence-electron chi connectivity index (χ4n) is 2.17. The lowest BCUT2D eigenvalue weighted by molar-refractivity contribution is 0.473. The Morgan fingerprint density at radius 2 is 1.44 bits per heavy atom. The molecule has 2 aromatic carbocycles. The number of anilines is 2. The Morgan fingerprint density at radius 1 is 0.944 bits per heavy atom. The summed E-state index contributed by atoms with van der Waals surface area (Å²) >= 11 is 6.96. The summed E-state index contributed by atoms with van der Waals surface area (Å²) in [5.74, 6) is 1.77. The molecule has 1 aliphatic rings. The van der Waals surface area contributed by atoms with Gasteiger partial charge in [0.15, 0.2) is 11.5 Å². The lowest BCUT2D eigenvalue weighted by Gasteiger charge is -2.32. The van der Waals surface area contributed by atoms with Crippen LogP contribution >= 0.6 is 31.9 Å². The Balaban J connectivity index is 2.18. The summed E-state index contributed by atoms with van der Waals surface area (Å²) in [4.78, 5) is 2.26. The average Bonchev–Trinajstić information content (AvgIpc) is 2.35. The minimum absolute atomic E-state index is 0.886. The van der Waals surface area contributed by atoms with Crippen molar-refractivity contribution in [1.29, 1.82) is 0 Å². The van der Waals surface area contributed by atoms with Gasteiger partial charge in [-0.15, -0.1) is 0 Å². The summed E-state index contributed by atoms with van der Waals surface area (Å²) in [5.41, 5.74) is 2.21. The number of benzene rings is 2. The molecule has 3 rings (SSSR count). The summed E-state index contributed by atoms with van der Waals surface area (Å²) in [5, 5.41) is 0. The first kappa shape index (κ1) is 12.1. The van der Waals surface area contributed by atoms with E-state index in [0.29, 0.717) is 0 Å². The van der Waals surface area contributed by atoms with Crippen LogP contribution in [0.15, 0.2) is 45.3 Å². The van der Waals surface area contributed by atoms with Crippen molar-refractivity contribution in [2.75, 3.05) is 11.4 Å². The molecule has 1 aliphatic heterocycles. The van der Waals surface area contributed by atoms with Crippen molar-refractivity contribution in [2.45, 2.75) is 6.92 Å². The third kappa shape index (κ3) is 1.93. The average molecular weight is 369 g/mol. The molecule has 4 heteroatoms. The van der Waals surface area contributed by atoms with E-state index in [1.54, 1.807) is 0 Å². The molecule has 0 saturated heterocycles. The highest BCUT2D eigenvalue weighted by molar-refractivity contribution is 9.10. The van der Waals surface area contributed by atoms with Crippen molar-refractivity contribution < 1.29 is 4.74 Å². The summed E-state index contributed by atoms with van der Waals surface area (Å²) in [6.07, 6.45) is 0. The normalized spacial score (nSPS) is 12.7. The molecule has 2 nitrogen and oxygen atoms in total. The van der Waals surface area contributed by atoms with Crippen LogP contribution in [-0.4, -0.2) is 6.54 Å². The second kappa shape index (κ2) is 4.59. The minimum atomic E-state index is 0.886. The monoisotopic (exact) mass is 367 g/mol. The number of hydrogen-bond acceptors (Lipinski definition) is 2. The van der Waals surface area contributed by atoms with E-state index >= 15 is 0 Å². The zero-order chi connectivity index (χ0) is 12.7. The van der Waals surface area contributed by atoms with Crippen LogP contribution in [0.1, 0.15) is 6.92 Å². The highest BCUT2D eigenvalue weighted by Gasteiger charge is 2.23. The molecule has 0 unspecified atom stereocenters. The van der Waals surface area contributed by atoms with Gasteiger partial charge in [0.2, 0.25) is 0 Å². The lowest BCUT2D eigenvalue weighted by Crippen LogP contribution is -2.20. The van der Waals surface area contributed by atoms with Crippen LogP contribution < -0.4 is 9.64 Å². The fraction of sp³-hybridized carbons (Fsp3) is 0.143. The van der Waals surface area contributed by atoms with Gasteiger partial charge >= 0.3 is 0 Å². The van der Waals surface area contributed by atoms with E-state index in [2.05, 4.69) is 55.8 Å². The van der Waals surface area contributed by atoms with E-state index in [9.17, 15) is 0 Å². The maximum absolute atomic E-state index is 5.97. The standard InChI is InChI=1S/C14H11Br2NO/c1-2-17-11-5-3-9(15)7-13(11)18-14-8-10(16)4-6-12(14)17/h3-8H,2H2,1H3. The van der Waals surface area contributed by atoms with Crippen LogP contribution in [0.4, 0.5) is 11.4 Å². The van der Waals surface area contributed by atoms with Crippen LogP contribution in [0.5, 0.6) is 11.5 Å². The summed E-state index contributed by atoms with van der Waals surface area (Å²) < 4.78 is 8.02. The Bertz CT molecular complexity index is 561. The predicted octanol–water partition coefficient (Wildman–Crippen LogP) is 5.48. The quantitative estimate of drug-likeness (QED) is 0.661. The Kier molecular flexibility index (Phi) is 3.08. The first-order chi connectivity index (χ1) is 8.69. The summed E-state index contributed by atoms with van der Waals surface area (Å²) in [7, 11) is 0. The molecule has 0 amide bonds. The number of nitrogens with zero attached hydrogens (tertiary/aromatic N) is 1. The number of halogens is 2. The molecule has 2 aromatic rings. The van der Waals surface area contributed by atoms with Crippen LogP contribution in [-0.2, 0) is 0 Å². The number of ether oxygens (including phenoxy) is 1. The zero-order valence-corrected chi connectivity index (χ0v) is 13.0. The molecule has 1 heterocycles. The Hall–Kier alpha value is -1.00. The molecule has 0 atom stereocenters. The van der Waals surface area contributed by atoms with Gasteiger partial charge in [0.1, 0.15) is 0 Å². The van der Waals surface area contributed by atoms with Gasteiger partial charge in [0.25, 0.3) is 0 Å². The van der Waals surface area contributed by atoms with E-state index in [4.69, 9.17) is 4.74 Å². The topological polar surface area (TPSA) is 12.5 Å². The van der Waals surface area contributed by atoms with Gasteiger partial charge in [0, 0.05) is 15.5 Å². The third-order valence-corrected chi connectivity index (χ3v) is 3.95. The molecule has 0 spiro atoms. The second-order valence-electron chi connectivity index (χ2n) is 4.07. The molecule has 0 aliphatic carbocycles. The number of fused-ring (bicyclic) bond motifs is 2. The predicted molar refractivity (Wildman–Crippen MR) is 81.0 cm³/mol. The fourth-order valence-corrected chi connectivity index (χ4v) is 2.85. The summed E-state index contributed by atoms with van der Waals surface area (Å²) in [6.45, 7) is 3.05. The highest BCUT2D eigenvalue weighted by atomic mass is 79.9. The van der Waals surface area contributed by atoms with Crippen molar-refractivity contribution in [3.63, 3.8) is 0 Å². The van der Waals surface area contributed by atoms with Crippen LogP contribution in [0.25, 0.3) is 0 Å². The number of hydrogen-bond donors (Lipinski definition) is 0. The molecular formula is C14H11Br2NO. The molecule has 0 fully saturated rings. The van der Waals surface area contributed by atoms with E-state index in [1.807, 2.05) is 24.3 Å². The highest BCUT2D eigenvalue weighted by Crippen LogP contribution is 2.47. The molecule has 92 valence electrons. The first-order valence-corrected chi connectivity index (χ1v) is 7.32. The summed E-state index contributed by atoms with van der Waals surface area (Å²) in [6, 6.07) is 12.2. The molecule has 0 radical (unpaired) electrons. The van der Waals surface area contributed by atoms with Crippen LogP contribution in [0.2, 0.25) is 0 Å². The van der Waals surface area contributed by atoms with Gasteiger partial charge in [0.05, 0.1) is 11.4 Å². The van der Waals surface area contributed by atoms with Gasteiger partial charge in [-0.05, 0) is 43.3 Å². The first-order valence-electron chi connectivity index (χ1n) is 5.73. The van der Waals surface area contributed by atoms with Crippen LogP contribution in [0, 0.1) is 0 Å². The maximum Gasteiger partial charge on any atom is 0.152 e. The minimum Gasteiger partial charge on any atom is -0.453 e. The smallest absolute Gasteiger partial charge is 0.152 e. The SMILES string of the molecule is CCN1c2ccc(Br)cc2Oc2cc(Br)ccc21. The largest absolute Gasteiger partial charge is 0.453 e. The van der Waals surface area contributed by atoms with Gasteiger partial charge in [-0.3, -0.25) is 0 Å². The maximum atomic E-state index is 5.97. The van der Waals surface area contributed by atoms with E-state index in [-0.39, 0.29) is 0 Å². The number of rotatable bonds is 1. The molecule has 0 saturated carbocycles. The molecule has 0 aromatic heterocycles. The van der Waals surface area contributed by atoms with E-state index in [1.165, 1.54) is 0 Å². The van der Waals surface area contributed by atoms with E-state index in [0.717, 1.165) is 38.4 Å². The molecule has 0 N–H and O–H groups in total. The van der Waals surface area contributed by atoms with Gasteiger partial charge in [-0.2, -0.15) is 0 Å². The van der Waals surface area contributed by atoms with Crippen molar-refractivity contribution in [3.8, 4) is 11.5 Å². The molecular weight excluding hydrogens is 358 g/mol.